The van der Waals surface area contributed by atoms with Crippen LogP contribution in [0.1, 0.15) is 11.1 Å². The third-order valence-corrected chi connectivity index (χ3v) is 3.08. The van der Waals surface area contributed by atoms with Gasteiger partial charge in [-0.25, -0.2) is 0 Å². The van der Waals surface area contributed by atoms with E-state index in [9.17, 15) is 0 Å². The molecule has 18 heavy (non-hydrogen) atoms. The molecule has 0 spiro atoms. The Bertz CT molecular complexity index is 457. The molecule has 0 radical (unpaired) electrons. The van der Waals surface area contributed by atoms with Crippen LogP contribution in [0.5, 0.6) is 0 Å². The first kappa shape index (κ1) is 15.0. The van der Waals surface area contributed by atoms with E-state index in [2.05, 4.69) is 35.6 Å². The second-order valence-corrected chi connectivity index (χ2v) is 4.41. The minimum atomic E-state index is 0. The molecule has 0 aliphatic heterocycles. The first-order valence-corrected chi connectivity index (χ1v) is 6.22. The second-order valence-electron chi connectivity index (χ2n) is 4.00. The monoisotopic (exact) mass is 281 g/mol. The summed E-state index contributed by atoms with van der Waals surface area (Å²) < 4.78 is 0. The Labute approximate surface area is 120 Å². The first-order valence-electron chi connectivity index (χ1n) is 5.84. The zero-order valence-electron chi connectivity index (χ0n) is 10.1. The summed E-state index contributed by atoms with van der Waals surface area (Å²) in [6.45, 7) is 1.79. The largest absolute Gasteiger partial charge is 0.312 e. The average molecular weight is 282 g/mol. The molecule has 0 unspecified atom stereocenters. The molecule has 0 bridgehead atoms. The lowest BCUT2D eigenvalue weighted by Crippen LogP contribution is -2.16. The third kappa shape index (κ3) is 4.69. The van der Waals surface area contributed by atoms with Crippen LogP contribution in [0.4, 0.5) is 0 Å². The zero-order chi connectivity index (χ0) is 11.9. The number of halogens is 2. The van der Waals surface area contributed by atoms with Gasteiger partial charge in [0.15, 0.2) is 0 Å². The van der Waals surface area contributed by atoms with Gasteiger partial charge in [-0.1, -0.05) is 60.1 Å². The molecule has 2 rings (SSSR count). The highest BCUT2D eigenvalue weighted by Gasteiger charge is 1.97. The van der Waals surface area contributed by atoms with Crippen LogP contribution < -0.4 is 5.32 Å². The predicted molar refractivity (Wildman–Crippen MR) is 80.6 cm³/mol. The minimum Gasteiger partial charge on any atom is -0.312 e. The van der Waals surface area contributed by atoms with E-state index in [0.29, 0.717) is 0 Å². The Hall–Kier alpha value is -1.02. The van der Waals surface area contributed by atoms with Gasteiger partial charge in [-0.05, 0) is 30.2 Å². The van der Waals surface area contributed by atoms with Crippen molar-refractivity contribution < 1.29 is 0 Å². The zero-order valence-corrected chi connectivity index (χ0v) is 11.7. The van der Waals surface area contributed by atoms with Crippen LogP contribution in [0.2, 0.25) is 5.02 Å². The standard InChI is InChI=1S/C15H16ClN.ClH/c16-15-9-5-4-8-14(15)12-17-11-10-13-6-2-1-3-7-13;/h1-9,17H,10-12H2;1H. The Kier molecular flexibility index (Phi) is 6.81. The molecule has 0 saturated carbocycles. The van der Waals surface area contributed by atoms with E-state index in [4.69, 9.17) is 11.6 Å². The molecule has 1 N–H and O–H groups in total. The summed E-state index contributed by atoms with van der Waals surface area (Å²) in [5.74, 6) is 0. The molecule has 0 atom stereocenters. The van der Waals surface area contributed by atoms with Crippen molar-refractivity contribution in [2.24, 2.45) is 0 Å². The molecular formula is C15H17Cl2N. The van der Waals surface area contributed by atoms with Crippen LogP contribution in [0, 0.1) is 0 Å². The molecule has 0 aromatic heterocycles. The van der Waals surface area contributed by atoms with E-state index in [1.165, 1.54) is 5.56 Å². The molecule has 0 heterocycles. The lowest BCUT2D eigenvalue weighted by molar-refractivity contribution is 0.687. The fraction of sp³-hybridized carbons (Fsp3) is 0.200. The first-order chi connectivity index (χ1) is 8.36. The Morgan fingerprint density at radius 2 is 1.56 bits per heavy atom. The third-order valence-electron chi connectivity index (χ3n) is 2.71. The van der Waals surface area contributed by atoms with Gasteiger partial charge >= 0.3 is 0 Å². The second kappa shape index (κ2) is 8.15. The normalized spacial score (nSPS) is 9.83. The van der Waals surface area contributed by atoms with Crippen molar-refractivity contribution in [3.63, 3.8) is 0 Å². The quantitative estimate of drug-likeness (QED) is 0.814. The van der Waals surface area contributed by atoms with Crippen molar-refractivity contribution in [3.05, 3.63) is 70.7 Å². The van der Waals surface area contributed by atoms with Gasteiger partial charge in [0, 0.05) is 11.6 Å². The van der Waals surface area contributed by atoms with Gasteiger partial charge in [-0.3, -0.25) is 0 Å². The van der Waals surface area contributed by atoms with Crippen LogP contribution in [0.25, 0.3) is 0 Å². The molecule has 96 valence electrons. The highest BCUT2D eigenvalue weighted by molar-refractivity contribution is 6.31. The summed E-state index contributed by atoms with van der Waals surface area (Å²) >= 11 is 6.08. The van der Waals surface area contributed by atoms with E-state index in [-0.39, 0.29) is 12.4 Å². The van der Waals surface area contributed by atoms with Crippen molar-refractivity contribution in [1.29, 1.82) is 0 Å². The maximum atomic E-state index is 6.08. The Morgan fingerprint density at radius 1 is 0.889 bits per heavy atom. The molecule has 0 amide bonds. The smallest absolute Gasteiger partial charge is 0.0450 e. The van der Waals surface area contributed by atoms with Gasteiger partial charge in [0.25, 0.3) is 0 Å². The summed E-state index contributed by atoms with van der Waals surface area (Å²) in [6.07, 6.45) is 1.05. The van der Waals surface area contributed by atoms with Crippen molar-refractivity contribution in [2.75, 3.05) is 6.54 Å². The van der Waals surface area contributed by atoms with Gasteiger partial charge in [0.1, 0.15) is 0 Å². The van der Waals surface area contributed by atoms with E-state index >= 15 is 0 Å². The lowest BCUT2D eigenvalue weighted by atomic mass is 10.1. The van der Waals surface area contributed by atoms with Crippen LogP contribution in [-0.4, -0.2) is 6.54 Å². The van der Waals surface area contributed by atoms with E-state index in [0.717, 1.165) is 30.1 Å². The lowest BCUT2D eigenvalue weighted by Gasteiger charge is -2.06. The summed E-state index contributed by atoms with van der Waals surface area (Å²) in [5, 5.41) is 4.24. The van der Waals surface area contributed by atoms with Crippen LogP contribution in [0.15, 0.2) is 54.6 Å². The molecule has 2 aromatic rings. The van der Waals surface area contributed by atoms with Crippen molar-refractivity contribution in [2.45, 2.75) is 13.0 Å². The van der Waals surface area contributed by atoms with E-state index in [1.54, 1.807) is 0 Å². The van der Waals surface area contributed by atoms with E-state index in [1.807, 2.05) is 24.3 Å². The van der Waals surface area contributed by atoms with Crippen LogP contribution in [0.3, 0.4) is 0 Å². The highest BCUT2D eigenvalue weighted by atomic mass is 35.5. The number of rotatable bonds is 5. The number of hydrogen-bond donors (Lipinski definition) is 1. The maximum Gasteiger partial charge on any atom is 0.0450 e. The Balaban J connectivity index is 0.00000162. The van der Waals surface area contributed by atoms with Gasteiger partial charge in [0.05, 0.1) is 0 Å². The SMILES string of the molecule is Cl.Clc1ccccc1CNCCc1ccccc1. The number of nitrogens with one attached hydrogen (secondary N) is 1. The topological polar surface area (TPSA) is 12.0 Å². The molecule has 1 nitrogen and oxygen atoms in total. The van der Waals surface area contributed by atoms with Crippen LogP contribution >= 0.6 is 24.0 Å². The summed E-state index contributed by atoms with van der Waals surface area (Å²) in [6, 6.07) is 18.4. The Morgan fingerprint density at radius 3 is 2.28 bits per heavy atom. The summed E-state index contributed by atoms with van der Waals surface area (Å²) in [7, 11) is 0. The highest BCUT2D eigenvalue weighted by Crippen LogP contribution is 2.14. The van der Waals surface area contributed by atoms with Crippen molar-refractivity contribution in [3.8, 4) is 0 Å². The fourth-order valence-corrected chi connectivity index (χ4v) is 1.94. The van der Waals surface area contributed by atoms with Gasteiger partial charge < -0.3 is 5.32 Å². The minimum absolute atomic E-state index is 0. The fourth-order valence-electron chi connectivity index (χ4n) is 1.74. The molecule has 0 aliphatic rings. The van der Waals surface area contributed by atoms with Gasteiger partial charge in [-0.2, -0.15) is 0 Å². The van der Waals surface area contributed by atoms with Gasteiger partial charge in [0.2, 0.25) is 0 Å². The molecular weight excluding hydrogens is 265 g/mol. The molecule has 0 aliphatic carbocycles. The molecule has 0 saturated heterocycles. The average Bonchev–Trinajstić information content (AvgIpc) is 2.38. The predicted octanol–water partition coefficient (Wildman–Crippen LogP) is 4.09. The van der Waals surface area contributed by atoms with Gasteiger partial charge in [-0.15, -0.1) is 12.4 Å². The molecule has 3 heteroatoms. The maximum absolute atomic E-state index is 6.08. The van der Waals surface area contributed by atoms with Crippen molar-refractivity contribution in [1.82, 2.24) is 5.32 Å². The number of benzene rings is 2. The summed E-state index contributed by atoms with van der Waals surface area (Å²) in [4.78, 5) is 0. The summed E-state index contributed by atoms with van der Waals surface area (Å²) in [5.41, 5.74) is 2.52. The van der Waals surface area contributed by atoms with Crippen molar-refractivity contribution >= 4 is 24.0 Å². The molecule has 2 aromatic carbocycles. The van der Waals surface area contributed by atoms with E-state index < -0.39 is 0 Å². The number of hydrogen-bond acceptors (Lipinski definition) is 1. The van der Waals surface area contributed by atoms with Crippen LogP contribution in [-0.2, 0) is 13.0 Å². The molecule has 0 fully saturated rings.